The number of carbonyl (C=O) groups is 2. The van der Waals surface area contributed by atoms with Gasteiger partial charge in [0, 0.05) is 5.02 Å². The number of esters is 1. The Morgan fingerprint density at radius 3 is 2.91 bits per heavy atom. The van der Waals surface area contributed by atoms with Crippen LogP contribution in [0.5, 0.6) is 0 Å². The Morgan fingerprint density at radius 1 is 1.41 bits per heavy atom. The molecule has 5 heteroatoms. The van der Waals surface area contributed by atoms with Gasteiger partial charge in [-0.3, -0.25) is 9.59 Å². The Hall–Kier alpha value is -1.81. The molecule has 4 nitrogen and oxygen atoms in total. The van der Waals surface area contributed by atoms with Crippen LogP contribution in [-0.4, -0.2) is 18.5 Å². The molecule has 1 aromatic carbocycles. The predicted octanol–water partition coefficient (Wildman–Crippen LogP) is 3.42. The third-order valence-corrected chi connectivity index (χ3v) is 3.91. The topological polar surface area (TPSA) is 55.4 Å². The quantitative estimate of drug-likeness (QED) is 0.668. The maximum absolute atomic E-state index is 11.9. The van der Waals surface area contributed by atoms with E-state index in [0.29, 0.717) is 11.4 Å². The van der Waals surface area contributed by atoms with Crippen LogP contribution in [0.3, 0.4) is 0 Å². The van der Waals surface area contributed by atoms with E-state index in [2.05, 4.69) is 11.4 Å². The Morgan fingerprint density at radius 2 is 2.23 bits per heavy atom. The second kappa shape index (κ2) is 7.99. The minimum Gasteiger partial charge on any atom is -0.455 e. The molecule has 1 aromatic rings. The van der Waals surface area contributed by atoms with E-state index in [4.69, 9.17) is 16.3 Å². The zero-order chi connectivity index (χ0) is 15.9. The molecule has 0 fully saturated rings. The van der Waals surface area contributed by atoms with Gasteiger partial charge in [-0.25, -0.2) is 0 Å². The highest BCUT2D eigenvalue weighted by Gasteiger charge is 2.21. The van der Waals surface area contributed by atoms with Gasteiger partial charge in [-0.05, 0) is 43.9 Å². The molecule has 1 amide bonds. The molecule has 0 aliphatic heterocycles. The molecule has 2 rings (SSSR count). The average molecular weight is 322 g/mol. The normalized spacial score (nSPS) is 18.5. The van der Waals surface area contributed by atoms with Gasteiger partial charge in [0.15, 0.2) is 6.61 Å². The number of halogens is 1. The second-order valence-corrected chi connectivity index (χ2v) is 5.87. The molecule has 1 N–H and O–H groups in total. The van der Waals surface area contributed by atoms with Crippen molar-refractivity contribution in [3.05, 3.63) is 47.0 Å². The highest BCUT2D eigenvalue weighted by atomic mass is 35.5. The van der Waals surface area contributed by atoms with E-state index in [1.54, 1.807) is 12.1 Å². The zero-order valence-corrected chi connectivity index (χ0v) is 13.3. The summed E-state index contributed by atoms with van der Waals surface area (Å²) >= 11 is 5.93. The molecule has 1 aliphatic rings. The van der Waals surface area contributed by atoms with E-state index in [9.17, 15) is 9.59 Å². The highest BCUT2D eigenvalue weighted by molar-refractivity contribution is 6.30. The van der Waals surface area contributed by atoms with E-state index in [1.807, 2.05) is 25.1 Å². The molecule has 0 saturated heterocycles. The average Bonchev–Trinajstić information content (AvgIpc) is 2.53. The summed E-state index contributed by atoms with van der Waals surface area (Å²) in [6.07, 6.45) is 6.41. The molecular formula is C17H20ClNO3. The Kier molecular flexibility index (Phi) is 6.01. The minimum atomic E-state index is -0.313. The standard InChI is InChI=1S/C17H20ClNO3/c1-12(14-8-5-9-15(18)10-14)19-16(20)11-22-17(21)13-6-3-2-4-7-13/h2-3,5,8-10,12-13H,4,6-7,11H2,1H3,(H,19,20)/t12-,13+/m1/s1. The number of hydrogen-bond donors (Lipinski definition) is 1. The summed E-state index contributed by atoms with van der Waals surface area (Å²) in [5, 5.41) is 3.41. The molecule has 0 spiro atoms. The van der Waals surface area contributed by atoms with Crippen molar-refractivity contribution >= 4 is 23.5 Å². The van der Waals surface area contributed by atoms with E-state index in [0.717, 1.165) is 18.4 Å². The van der Waals surface area contributed by atoms with Gasteiger partial charge >= 0.3 is 5.97 Å². The largest absolute Gasteiger partial charge is 0.455 e. The molecule has 22 heavy (non-hydrogen) atoms. The number of nitrogens with one attached hydrogen (secondary N) is 1. The maximum Gasteiger partial charge on any atom is 0.309 e. The maximum atomic E-state index is 11.9. The predicted molar refractivity (Wildman–Crippen MR) is 85.4 cm³/mol. The lowest BCUT2D eigenvalue weighted by atomic mass is 9.95. The lowest BCUT2D eigenvalue weighted by Gasteiger charge is -2.17. The van der Waals surface area contributed by atoms with Crippen LogP contribution >= 0.6 is 11.6 Å². The van der Waals surface area contributed by atoms with E-state index >= 15 is 0 Å². The van der Waals surface area contributed by atoms with Crippen LogP contribution in [0.25, 0.3) is 0 Å². The molecule has 2 atom stereocenters. The molecule has 0 aromatic heterocycles. The molecule has 0 bridgehead atoms. The van der Waals surface area contributed by atoms with Crippen molar-refractivity contribution in [2.24, 2.45) is 5.92 Å². The lowest BCUT2D eigenvalue weighted by molar-refractivity contribution is -0.153. The van der Waals surface area contributed by atoms with Crippen molar-refractivity contribution in [2.45, 2.75) is 32.2 Å². The summed E-state index contributed by atoms with van der Waals surface area (Å²) in [5.41, 5.74) is 0.907. The van der Waals surface area contributed by atoms with Gasteiger partial charge in [-0.15, -0.1) is 0 Å². The van der Waals surface area contributed by atoms with Crippen LogP contribution in [-0.2, 0) is 14.3 Å². The van der Waals surface area contributed by atoms with Gasteiger partial charge in [-0.2, -0.15) is 0 Å². The molecule has 0 heterocycles. The third-order valence-electron chi connectivity index (χ3n) is 3.67. The summed E-state index contributed by atoms with van der Waals surface area (Å²) in [6.45, 7) is 1.61. The molecule has 0 saturated carbocycles. The van der Waals surface area contributed by atoms with Crippen molar-refractivity contribution in [3.63, 3.8) is 0 Å². The number of allylic oxidation sites excluding steroid dienone is 2. The number of benzene rings is 1. The van der Waals surface area contributed by atoms with E-state index in [-0.39, 0.29) is 30.4 Å². The summed E-state index contributed by atoms with van der Waals surface area (Å²) in [7, 11) is 0. The number of carbonyl (C=O) groups excluding carboxylic acids is 2. The molecular weight excluding hydrogens is 302 g/mol. The van der Waals surface area contributed by atoms with Gasteiger partial charge in [-0.1, -0.05) is 35.9 Å². The van der Waals surface area contributed by atoms with Crippen LogP contribution in [0.15, 0.2) is 36.4 Å². The summed E-state index contributed by atoms with van der Waals surface area (Å²) in [6, 6.07) is 7.10. The SMILES string of the molecule is C[C@@H](NC(=O)COC(=O)[C@H]1CC=CCC1)c1cccc(Cl)c1. The Labute approximate surface area is 135 Å². The van der Waals surface area contributed by atoms with Gasteiger partial charge in [0.05, 0.1) is 12.0 Å². The van der Waals surface area contributed by atoms with Crippen molar-refractivity contribution in [3.8, 4) is 0 Å². The molecule has 1 aliphatic carbocycles. The Balaban J connectivity index is 1.77. The summed E-state index contributed by atoms with van der Waals surface area (Å²) < 4.78 is 5.09. The van der Waals surface area contributed by atoms with Crippen molar-refractivity contribution in [1.82, 2.24) is 5.32 Å². The number of ether oxygens (including phenoxy) is 1. The number of rotatable bonds is 5. The first-order valence-electron chi connectivity index (χ1n) is 7.42. The first-order valence-corrected chi connectivity index (χ1v) is 7.80. The van der Waals surface area contributed by atoms with Gasteiger partial charge in [0.25, 0.3) is 5.91 Å². The fraction of sp³-hybridized carbons (Fsp3) is 0.412. The second-order valence-electron chi connectivity index (χ2n) is 5.43. The first-order chi connectivity index (χ1) is 10.6. The van der Waals surface area contributed by atoms with Gasteiger partial charge < -0.3 is 10.1 Å². The van der Waals surface area contributed by atoms with Crippen molar-refractivity contribution in [1.29, 1.82) is 0 Å². The summed E-state index contributed by atoms with van der Waals surface area (Å²) in [4.78, 5) is 23.7. The van der Waals surface area contributed by atoms with Crippen molar-refractivity contribution in [2.75, 3.05) is 6.61 Å². The van der Waals surface area contributed by atoms with Gasteiger partial charge in [0.1, 0.15) is 0 Å². The number of hydrogen-bond acceptors (Lipinski definition) is 3. The summed E-state index contributed by atoms with van der Waals surface area (Å²) in [5.74, 6) is -0.731. The van der Waals surface area contributed by atoms with Crippen LogP contribution in [0.4, 0.5) is 0 Å². The van der Waals surface area contributed by atoms with E-state index < -0.39 is 0 Å². The highest BCUT2D eigenvalue weighted by Crippen LogP contribution is 2.20. The van der Waals surface area contributed by atoms with Crippen LogP contribution in [0, 0.1) is 5.92 Å². The third kappa shape index (κ3) is 4.88. The minimum absolute atomic E-state index is 0.122. The smallest absolute Gasteiger partial charge is 0.309 e. The lowest BCUT2D eigenvalue weighted by Crippen LogP contribution is -2.32. The van der Waals surface area contributed by atoms with Crippen LogP contribution in [0.1, 0.15) is 37.8 Å². The monoisotopic (exact) mass is 321 g/mol. The van der Waals surface area contributed by atoms with Crippen LogP contribution < -0.4 is 5.32 Å². The van der Waals surface area contributed by atoms with Gasteiger partial charge in [0.2, 0.25) is 0 Å². The Bertz CT molecular complexity index is 571. The fourth-order valence-corrected chi connectivity index (χ4v) is 2.60. The molecule has 0 unspecified atom stereocenters. The van der Waals surface area contributed by atoms with E-state index in [1.165, 1.54) is 0 Å². The molecule has 118 valence electrons. The van der Waals surface area contributed by atoms with Crippen LogP contribution in [0.2, 0.25) is 5.02 Å². The molecule has 0 radical (unpaired) electrons. The zero-order valence-electron chi connectivity index (χ0n) is 12.5. The number of amides is 1. The first kappa shape index (κ1) is 16.6. The van der Waals surface area contributed by atoms with Crippen molar-refractivity contribution < 1.29 is 14.3 Å². The fourth-order valence-electron chi connectivity index (χ4n) is 2.40.